The summed E-state index contributed by atoms with van der Waals surface area (Å²) >= 11 is 0. The molecule has 0 saturated heterocycles. The molecule has 3 heteroatoms. The van der Waals surface area contributed by atoms with Crippen LogP contribution in [-0.4, -0.2) is 11.7 Å². The van der Waals surface area contributed by atoms with E-state index >= 15 is 0 Å². The zero-order valence-electron chi connectivity index (χ0n) is 8.26. The summed E-state index contributed by atoms with van der Waals surface area (Å²) < 4.78 is 0. The molecule has 1 atom stereocenters. The number of aliphatic hydroxyl groups is 1. The minimum absolute atomic E-state index is 0. The molecule has 0 aliphatic heterocycles. The first-order valence-corrected chi connectivity index (χ1v) is 4.67. The van der Waals surface area contributed by atoms with Crippen LogP contribution in [0.25, 0.3) is 10.8 Å². The van der Waals surface area contributed by atoms with Gasteiger partial charge >= 0.3 is 0 Å². The third-order valence-electron chi connectivity index (χ3n) is 2.42. The minimum atomic E-state index is -0.291. The topological polar surface area (TPSA) is 46.2 Å². The first-order valence-electron chi connectivity index (χ1n) is 4.67. The lowest BCUT2D eigenvalue weighted by atomic mass is 10.00. The van der Waals surface area contributed by atoms with Crippen molar-refractivity contribution < 1.29 is 5.11 Å². The molecular formula is C12H14ClNO. The zero-order chi connectivity index (χ0) is 9.97. The van der Waals surface area contributed by atoms with E-state index in [1.165, 1.54) is 0 Å². The number of fused-ring (bicyclic) bond motifs is 1. The first-order chi connectivity index (χ1) is 6.83. The van der Waals surface area contributed by atoms with E-state index in [-0.39, 0.29) is 25.1 Å². The molecule has 0 heterocycles. The van der Waals surface area contributed by atoms with Gasteiger partial charge in [0.1, 0.15) is 0 Å². The van der Waals surface area contributed by atoms with Crippen molar-refractivity contribution in [2.75, 3.05) is 6.61 Å². The molecule has 0 fully saturated rings. The molecule has 0 bridgehead atoms. The Morgan fingerprint density at radius 1 is 1.07 bits per heavy atom. The van der Waals surface area contributed by atoms with Gasteiger partial charge in [-0.1, -0.05) is 42.5 Å². The average Bonchev–Trinajstić information content (AvgIpc) is 2.27. The SMILES string of the molecule is Cl.N[C@H](CO)c1cccc2ccccc12. The van der Waals surface area contributed by atoms with E-state index in [0.717, 1.165) is 16.3 Å². The minimum Gasteiger partial charge on any atom is -0.394 e. The second kappa shape index (κ2) is 5.12. The Balaban J connectivity index is 0.00000112. The molecule has 2 aromatic carbocycles. The van der Waals surface area contributed by atoms with Crippen molar-refractivity contribution >= 4 is 23.2 Å². The van der Waals surface area contributed by atoms with Crippen molar-refractivity contribution in [3.05, 3.63) is 48.0 Å². The maximum Gasteiger partial charge on any atom is 0.0624 e. The molecule has 2 nitrogen and oxygen atoms in total. The van der Waals surface area contributed by atoms with Crippen LogP contribution in [0.5, 0.6) is 0 Å². The highest BCUT2D eigenvalue weighted by Gasteiger charge is 2.07. The summed E-state index contributed by atoms with van der Waals surface area (Å²) in [4.78, 5) is 0. The average molecular weight is 224 g/mol. The van der Waals surface area contributed by atoms with Crippen LogP contribution in [-0.2, 0) is 0 Å². The van der Waals surface area contributed by atoms with Crippen LogP contribution in [0.2, 0.25) is 0 Å². The molecule has 0 radical (unpaired) electrons. The Hall–Kier alpha value is -1.09. The summed E-state index contributed by atoms with van der Waals surface area (Å²) in [5.74, 6) is 0. The van der Waals surface area contributed by atoms with Crippen LogP contribution in [0, 0.1) is 0 Å². The lowest BCUT2D eigenvalue weighted by Gasteiger charge is -2.11. The lowest BCUT2D eigenvalue weighted by Crippen LogP contribution is -2.14. The van der Waals surface area contributed by atoms with Crippen LogP contribution in [0.4, 0.5) is 0 Å². The van der Waals surface area contributed by atoms with Gasteiger partial charge in [0.2, 0.25) is 0 Å². The Bertz CT molecular complexity index is 439. The van der Waals surface area contributed by atoms with Crippen molar-refractivity contribution in [1.29, 1.82) is 0 Å². The van der Waals surface area contributed by atoms with Gasteiger partial charge in [-0.25, -0.2) is 0 Å². The number of rotatable bonds is 2. The maximum absolute atomic E-state index is 9.02. The molecule has 0 aliphatic rings. The number of aliphatic hydroxyl groups excluding tert-OH is 1. The molecule has 0 saturated carbocycles. The third-order valence-corrected chi connectivity index (χ3v) is 2.42. The molecule has 0 unspecified atom stereocenters. The molecule has 15 heavy (non-hydrogen) atoms. The normalized spacial score (nSPS) is 12.1. The van der Waals surface area contributed by atoms with E-state index in [1.807, 2.05) is 42.5 Å². The zero-order valence-corrected chi connectivity index (χ0v) is 9.08. The predicted molar refractivity (Wildman–Crippen MR) is 65.2 cm³/mol. The third kappa shape index (κ3) is 2.29. The van der Waals surface area contributed by atoms with Crippen LogP contribution < -0.4 is 5.73 Å². The predicted octanol–water partition coefficient (Wildman–Crippen LogP) is 2.25. The summed E-state index contributed by atoms with van der Waals surface area (Å²) in [5.41, 5.74) is 6.82. The number of hydrogen-bond acceptors (Lipinski definition) is 2. The van der Waals surface area contributed by atoms with Gasteiger partial charge in [-0.15, -0.1) is 12.4 Å². The summed E-state index contributed by atoms with van der Waals surface area (Å²) in [5, 5.41) is 11.3. The Morgan fingerprint density at radius 2 is 1.73 bits per heavy atom. The van der Waals surface area contributed by atoms with E-state index in [9.17, 15) is 0 Å². The molecule has 0 aliphatic carbocycles. The summed E-state index contributed by atoms with van der Waals surface area (Å²) in [6.45, 7) is -0.0198. The highest BCUT2D eigenvalue weighted by atomic mass is 35.5. The molecular weight excluding hydrogens is 210 g/mol. The van der Waals surface area contributed by atoms with Gasteiger partial charge in [-0.3, -0.25) is 0 Å². The van der Waals surface area contributed by atoms with Gasteiger partial charge in [0, 0.05) is 0 Å². The van der Waals surface area contributed by atoms with Crippen molar-refractivity contribution in [3.8, 4) is 0 Å². The Labute approximate surface area is 95.1 Å². The van der Waals surface area contributed by atoms with Gasteiger partial charge in [-0.05, 0) is 16.3 Å². The number of nitrogens with two attached hydrogens (primary N) is 1. The fourth-order valence-electron chi connectivity index (χ4n) is 1.67. The molecule has 0 amide bonds. The maximum atomic E-state index is 9.02. The van der Waals surface area contributed by atoms with E-state index in [2.05, 4.69) is 0 Å². The van der Waals surface area contributed by atoms with Crippen LogP contribution in [0.3, 0.4) is 0 Å². The molecule has 80 valence electrons. The van der Waals surface area contributed by atoms with Crippen LogP contribution in [0.1, 0.15) is 11.6 Å². The number of hydrogen-bond donors (Lipinski definition) is 2. The van der Waals surface area contributed by atoms with Gasteiger partial charge in [0.05, 0.1) is 12.6 Å². The Morgan fingerprint density at radius 3 is 2.47 bits per heavy atom. The highest BCUT2D eigenvalue weighted by Crippen LogP contribution is 2.22. The van der Waals surface area contributed by atoms with E-state index in [1.54, 1.807) is 0 Å². The summed E-state index contributed by atoms with van der Waals surface area (Å²) in [7, 11) is 0. The van der Waals surface area contributed by atoms with Crippen molar-refractivity contribution in [2.45, 2.75) is 6.04 Å². The second-order valence-electron chi connectivity index (χ2n) is 3.36. The van der Waals surface area contributed by atoms with E-state index < -0.39 is 0 Å². The second-order valence-corrected chi connectivity index (χ2v) is 3.36. The van der Waals surface area contributed by atoms with E-state index in [4.69, 9.17) is 10.8 Å². The van der Waals surface area contributed by atoms with Crippen molar-refractivity contribution in [3.63, 3.8) is 0 Å². The van der Waals surface area contributed by atoms with Crippen molar-refractivity contribution in [1.82, 2.24) is 0 Å². The lowest BCUT2D eigenvalue weighted by molar-refractivity contribution is 0.268. The molecule has 0 spiro atoms. The standard InChI is InChI=1S/C12H13NO.ClH/c13-12(8-14)11-7-3-5-9-4-1-2-6-10(9)11;/h1-7,12,14H,8,13H2;1H/t12-;/m1./s1. The Kier molecular flexibility index (Phi) is 4.09. The van der Waals surface area contributed by atoms with Gasteiger partial charge in [-0.2, -0.15) is 0 Å². The van der Waals surface area contributed by atoms with Gasteiger partial charge in [0.25, 0.3) is 0 Å². The fraction of sp³-hybridized carbons (Fsp3) is 0.167. The fourth-order valence-corrected chi connectivity index (χ4v) is 1.67. The quantitative estimate of drug-likeness (QED) is 0.821. The molecule has 0 aromatic heterocycles. The highest BCUT2D eigenvalue weighted by molar-refractivity contribution is 5.86. The molecule has 2 aromatic rings. The molecule has 2 rings (SSSR count). The molecule has 3 N–H and O–H groups in total. The van der Waals surface area contributed by atoms with Crippen LogP contribution >= 0.6 is 12.4 Å². The first kappa shape index (κ1) is 12.0. The smallest absolute Gasteiger partial charge is 0.0624 e. The summed E-state index contributed by atoms with van der Waals surface area (Å²) in [6.07, 6.45) is 0. The summed E-state index contributed by atoms with van der Waals surface area (Å²) in [6, 6.07) is 13.7. The van der Waals surface area contributed by atoms with Gasteiger partial charge in [0.15, 0.2) is 0 Å². The van der Waals surface area contributed by atoms with E-state index in [0.29, 0.717) is 0 Å². The van der Waals surface area contributed by atoms with Gasteiger partial charge < -0.3 is 10.8 Å². The van der Waals surface area contributed by atoms with Crippen molar-refractivity contribution in [2.24, 2.45) is 5.73 Å². The van der Waals surface area contributed by atoms with Crippen LogP contribution in [0.15, 0.2) is 42.5 Å². The monoisotopic (exact) mass is 223 g/mol. The number of halogens is 1. The number of benzene rings is 2. The largest absolute Gasteiger partial charge is 0.394 e.